The Morgan fingerprint density at radius 3 is 2.26 bits per heavy atom. The molecule has 2 aromatic rings. The number of hydrogen-bond acceptors (Lipinski definition) is 3. The molecule has 2 N–H and O–H groups in total. The molecule has 0 aromatic heterocycles. The van der Waals surface area contributed by atoms with E-state index in [1.165, 1.54) is 0 Å². The Balaban J connectivity index is 2.30. The Morgan fingerprint density at radius 2 is 1.68 bits per heavy atom. The summed E-state index contributed by atoms with van der Waals surface area (Å²) in [5.41, 5.74) is 9.15. The highest BCUT2D eigenvalue weighted by molar-refractivity contribution is 5.68. The van der Waals surface area contributed by atoms with E-state index >= 15 is 0 Å². The lowest BCUT2D eigenvalue weighted by atomic mass is 10.1. The molecule has 2 aromatic carbocycles. The predicted octanol–water partition coefficient (Wildman–Crippen LogP) is 3.48. The Bertz CT molecular complexity index is 535. The van der Waals surface area contributed by atoms with Crippen LogP contribution in [0.3, 0.4) is 0 Å². The van der Waals surface area contributed by atoms with Crippen molar-refractivity contribution >= 4 is 11.4 Å². The van der Waals surface area contributed by atoms with Crippen LogP contribution >= 0.6 is 0 Å². The molecule has 1 atom stereocenters. The van der Waals surface area contributed by atoms with Crippen LogP contribution in [0.15, 0.2) is 48.5 Å². The quantitative estimate of drug-likeness (QED) is 0.910. The molecule has 2 rings (SSSR count). The van der Waals surface area contributed by atoms with Crippen LogP contribution in [0.2, 0.25) is 0 Å². The molecule has 100 valence electrons. The Labute approximate surface area is 114 Å². The van der Waals surface area contributed by atoms with E-state index in [2.05, 4.69) is 29.2 Å². The summed E-state index contributed by atoms with van der Waals surface area (Å²) in [4.78, 5) is 2.10. The monoisotopic (exact) mass is 256 g/mol. The first-order valence-corrected chi connectivity index (χ1v) is 6.35. The summed E-state index contributed by atoms with van der Waals surface area (Å²) in [6.45, 7) is 1.99. The van der Waals surface area contributed by atoms with Crippen LogP contribution in [0, 0.1) is 0 Å². The minimum Gasteiger partial charge on any atom is -0.495 e. The van der Waals surface area contributed by atoms with Crippen molar-refractivity contribution in [3.8, 4) is 5.75 Å². The largest absolute Gasteiger partial charge is 0.495 e. The first-order chi connectivity index (χ1) is 9.13. The molecule has 0 saturated heterocycles. The van der Waals surface area contributed by atoms with Gasteiger partial charge in [0.25, 0.3) is 0 Å². The van der Waals surface area contributed by atoms with E-state index in [0.29, 0.717) is 0 Å². The van der Waals surface area contributed by atoms with Crippen molar-refractivity contribution < 1.29 is 4.74 Å². The number of hydrogen-bond donors (Lipinski definition) is 1. The van der Waals surface area contributed by atoms with Gasteiger partial charge in [-0.1, -0.05) is 24.3 Å². The third-order valence-electron chi connectivity index (χ3n) is 3.25. The topological polar surface area (TPSA) is 38.5 Å². The van der Waals surface area contributed by atoms with E-state index in [1.807, 2.05) is 38.2 Å². The first-order valence-electron chi connectivity index (χ1n) is 6.35. The molecule has 19 heavy (non-hydrogen) atoms. The van der Waals surface area contributed by atoms with E-state index < -0.39 is 0 Å². The predicted molar refractivity (Wildman–Crippen MR) is 80.1 cm³/mol. The number of anilines is 2. The maximum Gasteiger partial charge on any atom is 0.142 e. The molecule has 0 aliphatic rings. The van der Waals surface area contributed by atoms with Gasteiger partial charge >= 0.3 is 0 Å². The highest BCUT2D eigenvalue weighted by Gasteiger charge is 2.09. The van der Waals surface area contributed by atoms with Crippen LogP contribution in [0.1, 0.15) is 18.5 Å². The summed E-state index contributed by atoms with van der Waals surface area (Å²) in [7, 11) is 3.71. The fourth-order valence-electron chi connectivity index (χ4n) is 2.05. The van der Waals surface area contributed by atoms with Crippen LogP contribution in [0.4, 0.5) is 11.4 Å². The van der Waals surface area contributed by atoms with Gasteiger partial charge in [0, 0.05) is 18.8 Å². The van der Waals surface area contributed by atoms with Gasteiger partial charge in [-0.05, 0) is 36.8 Å². The van der Waals surface area contributed by atoms with Crippen molar-refractivity contribution in [1.82, 2.24) is 0 Å². The number of para-hydroxylation sites is 2. The minimum absolute atomic E-state index is 0.0608. The SMILES string of the molecule is COc1ccccc1N(C)c1ccc(C(C)N)cc1. The molecule has 0 saturated carbocycles. The zero-order chi connectivity index (χ0) is 13.8. The van der Waals surface area contributed by atoms with Crippen molar-refractivity contribution in [3.05, 3.63) is 54.1 Å². The molecule has 3 nitrogen and oxygen atoms in total. The summed E-state index contributed by atoms with van der Waals surface area (Å²) >= 11 is 0. The molecule has 0 heterocycles. The standard InChI is InChI=1S/C16H20N2O/c1-12(17)13-8-10-14(11-9-13)18(2)15-6-4-5-7-16(15)19-3/h4-12H,17H2,1-3H3. The lowest BCUT2D eigenvalue weighted by Crippen LogP contribution is -2.11. The summed E-state index contributed by atoms with van der Waals surface area (Å²) in [5, 5.41) is 0. The fourth-order valence-corrected chi connectivity index (χ4v) is 2.05. The summed E-state index contributed by atoms with van der Waals surface area (Å²) in [5.74, 6) is 0.862. The normalized spacial score (nSPS) is 12.0. The molecule has 0 aliphatic carbocycles. The fraction of sp³-hybridized carbons (Fsp3) is 0.250. The van der Waals surface area contributed by atoms with Gasteiger partial charge in [-0.15, -0.1) is 0 Å². The smallest absolute Gasteiger partial charge is 0.142 e. The highest BCUT2D eigenvalue weighted by Crippen LogP contribution is 2.32. The number of nitrogens with zero attached hydrogens (tertiary/aromatic N) is 1. The van der Waals surface area contributed by atoms with Crippen LogP contribution in [0.5, 0.6) is 5.75 Å². The molecule has 3 heteroatoms. The first kappa shape index (κ1) is 13.4. The number of ether oxygens (including phenoxy) is 1. The highest BCUT2D eigenvalue weighted by atomic mass is 16.5. The zero-order valence-corrected chi connectivity index (χ0v) is 11.6. The van der Waals surface area contributed by atoms with Gasteiger partial charge in [0.1, 0.15) is 5.75 Å². The van der Waals surface area contributed by atoms with Crippen molar-refractivity contribution in [2.24, 2.45) is 5.73 Å². The maximum atomic E-state index is 5.86. The van der Waals surface area contributed by atoms with Crippen LogP contribution in [0.25, 0.3) is 0 Å². The van der Waals surface area contributed by atoms with E-state index in [0.717, 1.165) is 22.7 Å². The Hall–Kier alpha value is -2.00. The molecule has 0 aliphatic heterocycles. The average Bonchev–Trinajstić information content (AvgIpc) is 2.46. The van der Waals surface area contributed by atoms with E-state index in [-0.39, 0.29) is 6.04 Å². The van der Waals surface area contributed by atoms with Gasteiger partial charge in [0.05, 0.1) is 12.8 Å². The Kier molecular flexibility index (Phi) is 4.07. The lowest BCUT2D eigenvalue weighted by Gasteiger charge is -2.22. The summed E-state index contributed by atoms with van der Waals surface area (Å²) < 4.78 is 5.39. The number of methoxy groups -OCH3 is 1. The van der Waals surface area contributed by atoms with E-state index in [1.54, 1.807) is 7.11 Å². The van der Waals surface area contributed by atoms with Gasteiger partial charge < -0.3 is 15.4 Å². The summed E-state index contributed by atoms with van der Waals surface area (Å²) in [6.07, 6.45) is 0. The van der Waals surface area contributed by atoms with E-state index in [9.17, 15) is 0 Å². The summed E-state index contributed by atoms with van der Waals surface area (Å²) in [6, 6.07) is 16.3. The molecular weight excluding hydrogens is 236 g/mol. The number of rotatable bonds is 4. The second kappa shape index (κ2) is 5.76. The second-order valence-corrected chi connectivity index (χ2v) is 4.61. The van der Waals surface area contributed by atoms with Crippen LogP contribution in [-0.4, -0.2) is 14.2 Å². The van der Waals surface area contributed by atoms with Crippen molar-refractivity contribution in [3.63, 3.8) is 0 Å². The Morgan fingerprint density at radius 1 is 1.05 bits per heavy atom. The van der Waals surface area contributed by atoms with Crippen LogP contribution < -0.4 is 15.4 Å². The molecule has 0 spiro atoms. The third kappa shape index (κ3) is 2.88. The molecule has 0 bridgehead atoms. The average molecular weight is 256 g/mol. The van der Waals surface area contributed by atoms with Crippen molar-refractivity contribution in [1.29, 1.82) is 0 Å². The van der Waals surface area contributed by atoms with E-state index in [4.69, 9.17) is 10.5 Å². The number of nitrogens with two attached hydrogens (primary N) is 1. The minimum atomic E-state index is 0.0608. The van der Waals surface area contributed by atoms with Crippen molar-refractivity contribution in [2.45, 2.75) is 13.0 Å². The second-order valence-electron chi connectivity index (χ2n) is 4.61. The van der Waals surface area contributed by atoms with Crippen LogP contribution in [-0.2, 0) is 0 Å². The molecule has 0 fully saturated rings. The maximum absolute atomic E-state index is 5.86. The number of benzene rings is 2. The lowest BCUT2D eigenvalue weighted by molar-refractivity contribution is 0.415. The van der Waals surface area contributed by atoms with Gasteiger partial charge in [0.15, 0.2) is 0 Å². The molecular formula is C16H20N2O. The van der Waals surface area contributed by atoms with Crippen molar-refractivity contribution in [2.75, 3.05) is 19.1 Å². The van der Waals surface area contributed by atoms with Gasteiger partial charge in [-0.2, -0.15) is 0 Å². The van der Waals surface area contributed by atoms with Gasteiger partial charge in [-0.3, -0.25) is 0 Å². The third-order valence-corrected chi connectivity index (χ3v) is 3.25. The van der Waals surface area contributed by atoms with Gasteiger partial charge in [0.2, 0.25) is 0 Å². The molecule has 1 unspecified atom stereocenters. The molecule has 0 radical (unpaired) electrons. The zero-order valence-electron chi connectivity index (χ0n) is 11.6. The molecule has 0 amide bonds. The van der Waals surface area contributed by atoms with Gasteiger partial charge in [-0.25, -0.2) is 0 Å².